The molecule has 23 heavy (non-hydrogen) atoms. The highest BCUT2D eigenvalue weighted by molar-refractivity contribution is 5.61. The van der Waals surface area contributed by atoms with Crippen molar-refractivity contribution >= 4 is 0 Å². The molecule has 0 aliphatic heterocycles. The third-order valence-electron chi connectivity index (χ3n) is 3.59. The molecule has 3 aromatic rings. The lowest BCUT2D eigenvalue weighted by atomic mass is 10.1. The van der Waals surface area contributed by atoms with E-state index in [1.165, 1.54) is 0 Å². The van der Waals surface area contributed by atoms with Crippen molar-refractivity contribution in [1.29, 1.82) is 0 Å². The minimum absolute atomic E-state index is 0.239. The van der Waals surface area contributed by atoms with Gasteiger partial charge in [-0.15, -0.1) is 0 Å². The maximum Gasteiger partial charge on any atom is 0.240 e. The molecular weight excluding hydrogens is 290 g/mol. The number of aromatic nitrogens is 2. The molecule has 5 heteroatoms. The van der Waals surface area contributed by atoms with Crippen LogP contribution in [0.5, 0.6) is 5.75 Å². The van der Waals surface area contributed by atoms with Crippen LogP contribution in [0.3, 0.4) is 0 Å². The lowest BCUT2D eigenvalue weighted by Gasteiger charge is -2.13. The van der Waals surface area contributed by atoms with E-state index in [4.69, 9.17) is 15.0 Å². The average Bonchev–Trinajstić information content (AvgIpc) is 3.04. The lowest BCUT2D eigenvalue weighted by molar-refractivity contribution is 0.302. The van der Waals surface area contributed by atoms with Crippen LogP contribution in [0.4, 0.5) is 0 Å². The second-order valence-electron chi connectivity index (χ2n) is 5.43. The first-order valence-corrected chi connectivity index (χ1v) is 7.48. The molecule has 3 rings (SSSR count). The SMILES string of the molecule is Cc1cc(-c2noc(CN)n2)cc(C)c1OCc1ccccc1. The van der Waals surface area contributed by atoms with Gasteiger partial charge in [-0.1, -0.05) is 35.5 Å². The standard InChI is InChI=1S/C18H19N3O2/c1-12-8-15(18-20-16(10-19)23-21-18)9-13(2)17(12)22-11-14-6-4-3-5-7-14/h3-9H,10-11,19H2,1-2H3. The van der Waals surface area contributed by atoms with E-state index in [9.17, 15) is 0 Å². The number of nitrogens with zero attached hydrogens (tertiary/aromatic N) is 2. The Hall–Kier alpha value is -2.66. The summed E-state index contributed by atoms with van der Waals surface area (Å²) in [6, 6.07) is 14.1. The Morgan fingerprint density at radius 3 is 2.39 bits per heavy atom. The summed E-state index contributed by atoms with van der Waals surface area (Å²) < 4.78 is 11.1. The van der Waals surface area contributed by atoms with Gasteiger partial charge in [-0.05, 0) is 42.7 Å². The zero-order chi connectivity index (χ0) is 16.2. The molecule has 0 fully saturated rings. The van der Waals surface area contributed by atoms with Gasteiger partial charge < -0.3 is 15.0 Å². The van der Waals surface area contributed by atoms with Crippen molar-refractivity contribution in [2.24, 2.45) is 5.73 Å². The summed E-state index contributed by atoms with van der Waals surface area (Å²) in [7, 11) is 0. The lowest BCUT2D eigenvalue weighted by Crippen LogP contribution is -1.99. The first-order chi connectivity index (χ1) is 11.2. The highest BCUT2D eigenvalue weighted by Crippen LogP contribution is 2.29. The third-order valence-corrected chi connectivity index (χ3v) is 3.59. The summed E-state index contributed by atoms with van der Waals surface area (Å²) in [6.45, 7) is 4.81. The van der Waals surface area contributed by atoms with Crippen molar-refractivity contribution in [3.05, 3.63) is 65.0 Å². The molecule has 1 aromatic heterocycles. The summed E-state index contributed by atoms with van der Waals surface area (Å²) in [5, 5.41) is 3.96. The van der Waals surface area contributed by atoms with Gasteiger partial charge in [0, 0.05) is 5.56 Å². The number of ether oxygens (including phenoxy) is 1. The van der Waals surface area contributed by atoms with Crippen molar-refractivity contribution in [1.82, 2.24) is 10.1 Å². The van der Waals surface area contributed by atoms with Crippen LogP contribution in [0.15, 0.2) is 47.0 Å². The van der Waals surface area contributed by atoms with E-state index in [-0.39, 0.29) is 6.54 Å². The van der Waals surface area contributed by atoms with Gasteiger partial charge in [-0.2, -0.15) is 4.98 Å². The molecule has 2 N–H and O–H groups in total. The van der Waals surface area contributed by atoms with E-state index in [1.54, 1.807) is 0 Å². The van der Waals surface area contributed by atoms with Crippen molar-refractivity contribution in [2.75, 3.05) is 0 Å². The summed E-state index contributed by atoms with van der Waals surface area (Å²) in [5.41, 5.74) is 9.62. The first kappa shape index (κ1) is 15.2. The number of hydrogen-bond acceptors (Lipinski definition) is 5. The molecule has 5 nitrogen and oxygen atoms in total. The molecule has 0 saturated heterocycles. The number of rotatable bonds is 5. The van der Waals surface area contributed by atoms with Crippen molar-refractivity contribution < 1.29 is 9.26 Å². The van der Waals surface area contributed by atoms with E-state index in [1.807, 2.05) is 56.3 Å². The van der Waals surface area contributed by atoms with Gasteiger partial charge >= 0.3 is 0 Å². The smallest absolute Gasteiger partial charge is 0.240 e. The molecule has 0 unspecified atom stereocenters. The molecule has 0 amide bonds. The van der Waals surface area contributed by atoms with E-state index in [0.717, 1.165) is 28.0 Å². The van der Waals surface area contributed by atoms with Gasteiger partial charge in [-0.3, -0.25) is 0 Å². The maximum atomic E-state index is 5.99. The molecule has 0 spiro atoms. The molecule has 1 heterocycles. The van der Waals surface area contributed by atoms with Gasteiger partial charge in [0.05, 0.1) is 6.54 Å². The van der Waals surface area contributed by atoms with E-state index < -0.39 is 0 Å². The molecule has 0 bridgehead atoms. The van der Waals surface area contributed by atoms with Crippen molar-refractivity contribution in [2.45, 2.75) is 27.0 Å². The minimum Gasteiger partial charge on any atom is -0.488 e. The van der Waals surface area contributed by atoms with Gasteiger partial charge in [0.2, 0.25) is 11.7 Å². The van der Waals surface area contributed by atoms with Crippen LogP contribution in [0.25, 0.3) is 11.4 Å². The highest BCUT2D eigenvalue weighted by Gasteiger charge is 2.12. The number of aryl methyl sites for hydroxylation is 2. The van der Waals surface area contributed by atoms with Crippen molar-refractivity contribution in [3.8, 4) is 17.1 Å². The van der Waals surface area contributed by atoms with Crippen LogP contribution >= 0.6 is 0 Å². The van der Waals surface area contributed by atoms with Gasteiger partial charge in [0.1, 0.15) is 12.4 Å². The normalized spacial score (nSPS) is 10.7. The maximum absolute atomic E-state index is 5.99. The van der Waals surface area contributed by atoms with Gasteiger partial charge in [0.15, 0.2) is 0 Å². The summed E-state index contributed by atoms with van der Waals surface area (Å²) in [4.78, 5) is 4.26. The molecule has 118 valence electrons. The third kappa shape index (κ3) is 3.40. The quantitative estimate of drug-likeness (QED) is 0.782. The Morgan fingerprint density at radius 1 is 1.09 bits per heavy atom. The topological polar surface area (TPSA) is 74.2 Å². The number of nitrogens with two attached hydrogens (primary N) is 1. The largest absolute Gasteiger partial charge is 0.488 e. The number of benzene rings is 2. The number of hydrogen-bond donors (Lipinski definition) is 1. The fourth-order valence-corrected chi connectivity index (χ4v) is 2.49. The molecule has 0 radical (unpaired) electrons. The molecular formula is C18H19N3O2. The zero-order valence-corrected chi connectivity index (χ0v) is 13.2. The van der Waals surface area contributed by atoms with E-state index in [0.29, 0.717) is 18.3 Å². The first-order valence-electron chi connectivity index (χ1n) is 7.48. The molecule has 0 aliphatic carbocycles. The second kappa shape index (κ2) is 6.62. The fraction of sp³-hybridized carbons (Fsp3) is 0.222. The Bertz CT molecular complexity index is 774. The second-order valence-corrected chi connectivity index (χ2v) is 5.43. The van der Waals surface area contributed by atoms with Gasteiger partial charge in [-0.25, -0.2) is 0 Å². The van der Waals surface area contributed by atoms with Gasteiger partial charge in [0.25, 0.3) is 0 Å². The minimum atomic E-state index is 0.239. The van der Waals surface area contributed by atoms with Crippen LogP contribution in [0.1, 0.15) is 22.6 Å². The average molecular weight is 309 g/mol. The summed E-state index contributed by atoms with van der Waals surface area (Å²) >= 11 is 0. The monoisotopic (exact) mass is 309 g/mol. The Balaban J connectivity index is 1.82. The van der Waals surface area contributed by atoms with Crippen molar-refractivity contribution in [3.63, 3.8) is 0 Å². The molecule has 0 atom stereocenters. The van der Waals surface area contributed by atoms with Crippen LogP contribution in [-0.4, -0.2) is 10.1 Å². The zero-order valence-electron chi connectivity index (χ0n) is 13.2. The molecule has 0 aliphatic rings. The highest BCUT2D eigenvalue weighted by atomic mass is 16.5. The van der Waals surface area contributed by atoms with E-state index >= 15 is 0 Å². The summed E-state index contributed by atoms with van der Waals surface area (Å²) in [5.74, 6) is 1.87. The molecule has 2 aromatic carbocycles. The van der Waals surface area contributed by atoms with E-state index in [2.05, 4.69) is 10.1 Å². The summed E-state index contributed by atoms with van der Waals surface area (Å²) in [6.07, 6.45) is 0. The van der Waals surface area contributed by atoms with Crippen LogP contribution in [-0.2, 0) is 13.2 Å². The predicted octanol–water partition coefficient (Wildman–Crippen LogP) is 3.39. The Labute approximate surface area is 135 Å². The van der Waals surface area contributed by atoms with Crippen LogP contribution in [0, 0.1) is 13.8 Å². The van der Waals surface area contributed by atoms with Crippen LogP contribution < -0.4 is 10.5 Å². The predicted molar refractivity (Wildman–Crippen MR) is 87.9 cm³/mol. The fourth-order valence-electron chi connectivity index (χ4n) is 2.49. The van der Waals surface area contributed by atoms with Crippen LogP contribution in [0.2, 0.25) is 0 Å². The Kier molecular flexibility index (Phi) is 4.39. The molecule has 0 saturated carbocycles. The Morgan fingerprint density at radius 2 is 1.78 bits per heavy atom.